The van der Waals surface area contributed by atoms with Gasteiger partial charge in [-0.1, -0.05) is 6.07 Å². The van der Waals surface area contributed by atoms with Gasteiger partial charge >= 0.3 is 5.97 Å². The van der Waals surface area contributed by atoms with Crippen LogP contribution in [0.5, 0.6) is 0 Å². The van der Waals surface area contributed by atoms with E-state index >= 15 is 0 Å². The third-order valence-corrected chi connectivity index (χ3v) is 2.21. The Morgan fingerprint density at radius 3 is 2.69 bits per heavy atom. The van der Waals surface area contributed by atoms with Crippen LogP contribution < -0.4 is 4.90 Å². The standard InChI is InChI=1S/C11H16N2O3/c1-8(2)13(6-7-14)10-5-3-4-9(12-10)11(15)16/h3-5,8,14H,6-7H2,1-2H3,(H,15,16). The van der Waals surface area contributed by atoms with Crippen LogP contribution in [0.3, 0.4) is 0 Å². The van der Waals surface area contributed by atoms with Gasteiger partial charge in [-0.15, -0.1) is 0 Å². The van der Waals surface area contributed by atoms with Crippen LogP contribution in [0.2, 0.25) is 0 Å². The first-order valence-corrected chi connectivity index (χ1v) is 5.14. The molecule has 0 spiro atoms. The van der Waals surface area contributed by atoms with Crippen LogP contribution in [0, 0.1) is 0 Å². The van der Waals surface area contributed by atoms with E-state index in [1.807, 2.05) is 18.7 Å². The molecule has 0 saturated carbocycles. The number of rotatable bonds is 5. The van der Waals surface area contributed by atoms with Gasteiger partial charge in [0.2, 0.25) is 0 Å². The van der Waals surface area contributed by atoms with Gasteiger partial charge in [-0.2, -0.15) is 0 Å². The van der Waals surface area contributed by atoms with Crippen LogP contribution in [-0.2, 0) is 0 Å². The lowest BCUT2D eigenvalue weighted by molar-refractivity contribution is 0.0690. The molecule has 5 heteroatoms. The zero-order valence-electron chi connectivity index (χ0n) is 9.42. The lowest BCUT2D eigenvalue weighted by atomic mass is 10.3. The number of carboxylic acid groups (broad SMARTS) is 1. The van der Waals surface area contributed by atoms with Crippen molar-refractivity contribution < 1.29 is 15.0 Å². The lowest BCUT2D eigenvalue weighted by Crippen LogP contribution is -2.34. The molecule has 88 valence electrons. The highest BCUT2D eigenvalue weighted by molar-refractivity contribution is 5.85. The maximum atomic E-state index is 10.8. The van der Waals surface area contributed by atoms with Crippen molar-refractivity contribution in [3.05, 3.63) is 23.9 Å². The van der Waals surface area contributed by atoms with Gasteiger partial charge < -0.3 is 15.1 Å². The normalized spacial score (nSPS) is 10.5. The fourth-order valence-electron chi connectivity index (χ4n) is 1.45. The van der Waals surface area contributed by atoms with Crippen LogP contribution in [-0.4, -0.2) is 40.4 Å². The van der Waals surface area contributed by atoms with Crippen LogP contribution in [0.25, 0.3) is 0 Å². The first kappa shape index (κ1) is 12.4. The molecular formula is C11H16N2O3. The van der Waals surface area contributed by atoms with Crippen molar-refractivity contribution in [1.82, 2.24) is 4.98 Å². The molecule has 0 fully saturated rings. The molecule has 5 nitrogen and oxygen atoms in total. The summed E-state index contributed by atoms with van der Waals surface area (Å²) in [6.07, 6.45) is 0. The van der Waals surface area contributed by atoms with Gasteiger partial charge in [-0.05, 0) is 26.0 Å². The Morgan fingerprint density at radius 1 is 1.50 bits per heavy atom. The summed E-state index contributed by atoms with van der Waals surface area (Å²) in [5.41, 5.74) is 0.0149. The molecule has 0 aliphatic rings. The van der Waals surface area contributed by atoms with Gasteiger partial charge in [-0.25, -0.2) is 9.78 Å². The monoisotopic (exact) mass is 224 g/mol. The Balaban J connectivity index is 3.00. The Hall–Kier alpha value is -1.62. The Morgan fingerprint density at radius 2 is 2.19 bits per heavy atom. The summed E-state index contributed by atoms with van der Waals surface area (Å²) in [6.45, 7) is 4.38. The SMILES string of the molecule is CC(C)N(CCO)c1cccc(C(=O)O)n1. The largest absolute Gasteiger partial charge is 0.477 e. The van der Waals surface area contributed by atoms with Crippen LogP contribution >= 0.6 is 0 Å². The molecule has 0 amide bonds. The highest BCUT2D eigenvalue weighted by atomic mass is 16.4. The summed E-state index contributed by atoms with van der Waals surface area (Å²) in [5.74, 6) is -0.474. The zero-order valence-corrected chi connectivity index (χ0v) is 9.42. The number of aromatic nitrogens is 1. The van der Waals surface area contributed by atoms with E-state index in [2.05, 4.69) is 4.98 Å². The molecule has 0 aliphatic heterocycles. The van der Waals surface area contributed by atoms with E-state index in [0.29, 0.717) is 12.4 Å². The van der Waals surface area contributed by atoms with E-state index in [4.69, 9.17) is 10.2 Å². The molecule has 1 rings (SSSR count). The van der Waals surface area contributed by atoms with Crippen molar-refractivity contribution in [2.24, 2.45) is 0 Å². The number of hydrogen-bond donors (Lipinski definition) is 2. The summed E-state index contributed by atoms with van der Waals surface area (Å²) >= 11 is 0. The van der Waals surface area contributed by atoms with Gasteiger partial charge in [0.05, 0.1) is 6.61 Å². The predicted octanol–water partition coefficient (Wildman–Crippen LogP) is 0.987. The molecule has 16 heavy (non-hydrogen) atoms. The first-order valence-electron chi connectivity index (χ1n) is 5.14. The molecule has 0 aliphatic carbocycles. The predicted molar refractivity (Wildman–Crippen MR) is 60.8 cm³/mol. The van der Waals surface area contributed by atoms with Gasteiger partial charge in [0.15, 0.2) is 5.69 Å². The number of aromatic carboxylic acids is 1. The third-order valence-electron chi connectivity index (χ3n) is 2.21. The second kappa shape index (κ2) is 5.46. The topological polar surface area (TPSA) is 73.7 Å². The van der Waals surface area contributed by atoms with Gasteiger partial charge in [0, 0.05) is 12.6 Å². The Kier molecular flexibility index (Phi) is 4.25. The van der Waals surface area contributed by atoms with E-state index in [1.165, 1.54) is 6.07 Å². The molecule has 1 aromatic rings. The number of aliphatic hydroxyl groups excluding tert-OH is 1. The number of anilines is 1. The van der Waals surface area contributed by atoms with Gasteiger partial charge in [-0.3, -0.25) is 0 Å². The zero-order chi connectivity index (χ0) is 12.1. The average molecular weight is 224 g/mol. The number of hydrogen-bond acceptors (Lipinski definition) is 4. The molecule has 0 saturated heterocycles. The van der Waals surface area contributed by atoms with Crippen LogP contribution in [0.15, 0.2) is 18.2 Å². The van der Waals surface area contributed by atoms with Crippen molar-refractivity contribution in [2.45, 2.75) is 19.9 Å². The summed E-state index contributed by atoms with van der Waals surface area (Å²) in [4.78, 5) is 16.7. The Labute approximate surface area is 94.4 Å². The summed E-state index contributed by atoms with van der Waals surface area (Å²) in [5, 5.41) is 17.8. The fourth-order valence-corrected chi connectivity index (χ4v) is 1.45. The summed E-state index contributed by atoms with van der Waals surface area (Å²) in [7, 11) is 0. The van der Waals surface area contributed by atoms with Gasteiger partial charge in [0.1, 0.15) is 5.82 Å². The highest BCUT2D eigenvalue weighted by Crippen LogP contribution is 2.14. The minimum atomic E-state index is -1.05. The maximum Gasteiger partial charge on any atom is 0.354 e. The quantitative estimate of drug-likeness (QED) is 0.780. The summed E-state index contributed by atoms with van der Waals surface area (Å²) < 4.78 is 0. The van der Waals surface area contributed by atoms with E-state index < -0.39 is 5.97 Å². The molecule has 0 aromatic carbocycles. The maximum absolute atomic E-state index is 10.8. The second-order valence-corrected chi connectivity index (χ2v) is 3.70. The molecule has 1 heterocycles. The highest BCUT2D eigenvalue weighted by Gasteiger charge is 2.13. The van der Waals surface area contributed by atoms with E-state index in [-0.39, 0.29) is 18.3 Å². The fraction of sp³-hybridized carbons (Fsp3) is 0.455. The van der Waals surface area contributed by atoms with E-state index in [9.17, 15) is 4.79 Å². The van der Waals surface area contributed by atoms with E-state index in [1.54, 1.807) is 12.1 Å². The number of carbonyl (C=O) groups is 1. The molecule has 0 atom stereocenters. The van der Waals surface area contributed by atoms with Crippen molar-refractivity contribution >= 4 is 11.8 Å². The molecule has 0 unspecified atom stereocenters. The van der Waals surface area contributed by atoms with Crippen molar-refractivity contribution in [3.8, 4) is 0 Å². The summed E-state index contributed by atoms with van der Waals surface area (Å²) in [6, 6.07) is 4.99. The molecule has 0 radical (unpaired) electrons. The molecule has 2 N–H and O–H groups in total. The van der Waals surface area contributed by atoms with Gasteiger partial charge in [0.25, 0.3) is 0 Å². The third kappa shape index (κ3) is 2.93. The number of carboxylic acids is 1. The average Bonchev–Trinajstić information content (AvgIpc) is 2.25. The number of aliphatic hydroxyl groups is 1. The van der Waals surface area contributed by atoms with Crippen molar-refractivity contribution in [2.75, 3.05) is 18.1 Å². The smallest absolute Gasteiger partial charge is 0.354 e. The number of nitrogens with zero attached hydrogens (tertiary/aromatic N) is 2. The second-order valence-electron chi connectivity index (χ2n) is 3.70. The molecule has 1 aromatic heterocycles. The number of pyridine rings is 1. The first-order chi connectivity index (χ1) is 7.56. The molecular weight excluding hydrogens is 208 g/mol. The van der Waals surface area contributed by atoms with Crippen LogP contribution in [0.4, 0.5) is 5.82 Å². The molecule has 0 bridgehead atoms. The van der Waals surface area contributed by atoms with Crippen molar-refractivity contribution in [3.63, 3.8) is 0 Å². The Bertz CT molecular complexity index is 366. The lowest BCUT2D eigenvalue weighted by Gasteiger charge is -2.27. The minimum Gasteiger partial charge on any atom is -0.477 e. The minimum absolute atomic E-state index is 0.0111. The van der Waals surface area contributed by atoms with Crippen molar-refractivity contribution in [1.29, 1.82) is 0 Å². The van der Waals surface area contributed by atoms with E-state index in [0.717, 1.165) is 0 Å². The van der Waals surface area contributed by atoms with Crippen LogP contribution in [0.1, 0.15) is 24.3 Å².